The summed E-state index contributed by atoms with van der Waals surface area (Å²) in [5.41, 5.74) is 1.42. The lowest BCUT2D eigenvalue weighted by atomic mass is 10.1. The van der Waals surface area contributed by atoms with Gasteiger partial charge in [0.1, 0.15) is 5.65 Å². The fourth-order valence-corrected chi connectivity index (χ4v) is 3.68. The van der Waals surface area contributed by atoms with Crippen molar-refractivity contribution in [3.8, 4) is 10.4 Å². The number of halogens is 3. The Bertz CT molecular complexity index is 1180. The fourth-order valence-electron chi connectivity index (χ4n) is 2.87. The van der Waals surface area contributed by atoms with Crippen LogP contribution < -0.4 is 10.6 Å². The van der Waals surface area contributed by atoms with E-state index in [2.05, 4.69) is 25.6 Å². The zero-order valence-electron chi connectivity index (χ0n) is 15.0. The lowest BCUT2D eigenvalue weighted by Crippen LogP contribution is -2.19. The standard InChI is InChI=1S/C19H14F3N5OS/c1-10-24-9-15(29-10)13-6-7-23-17-16(13)14(8-25-17)27-18(28)26-12-4-2-11(3-5-12)19(20,21)22/h2-9H,1H3,(H,23,25)(H2,26,27,28). The van der Waals surface area contributed by atoms with Crippen LogP contribution >= 0.6 is 11.3 Å². The number of aryl methyl sites for hydroxylation is 1. The van der Waals surface area contributed by atoms with Crippen LogP contribution in [0.15, 0.2) is 48.9 Å². The number of H-pyrrole nitrogens is 1. The molecule has 10 heteroatoms. The number of aromatic nitrogens is 3. The molecule has 0 fully saturated rings. The Kier molecular flexibility index (Phi) is 4.71. The first-order valence-electron chi connectivity index (χ1n) is 8.45. The van der Waals surface area contributed by atoms with Crippen LogP contribution in [0.4, 0.5) is 29.3 Å². The maximum Gasteiger partial charge on any atom is 0.416 e. The summed E-state index contributed by atoms with van der Waals surface area (Å²) in [6, 6.07) is 5.48. The predicted molar refractivity (Wildman–Crippen MR) is 106 cm³/mol. The van der Waals surface area contributed by atoms with Gasteiger partial charge >= 0.3 is 12.2 Å². The molecule has 1 aromatic carbocycles. The number of anilines is 2. The first-order valence-corrected chi connectivity index (χ1v) is 9.27. The number of nitrogens with zero attached hydrogens (tertiary/aromatic N) is 2. The molecule has 3 aromatic heterocycles. The molecule has 3 N–H and O–H groups in total. The Hall–Kier alpha value is -3.40. The molecule has 29 heavy (non-hydrogen) atoms. The maximum absolute atomic E-state index is 12.6. The van der Waals surface area contributed by atoms with Crippen molar-refractivity contribution in [3.63, 3.8) is 0 Å². The highest BCUT2D eigenvalue weighted by Gasteiger charge is 2.30. The quantitative estimate of drug-likeness (QED) is 0.402. The summed E-state index contributed by atoms with van der Waals surface area (Å²) in [4.78, 5) is 24.8. The topological polar surface area (TPSA) is 82.7 Å². The molecule has 0 saturated heterocycles. The number of rotatable bonds is 3. The lowest BCUT2D eigenvalue weighted by Gasteiger charge is -2.10. The molecule has 4 rings (SSSR count). The van der Waals surface area contributed by atoms with Crippen LogP contribution in [0.25, 0.3) is 21.5 Å². The number of hydrogen-bond donors (Lipinski definition) is 3. The molecule has 3 heterocycles. The second kappa shape index (κ2) is 7.21. The van der Waals surface area contributed by atoms with Gasteiger partial charge in [0, 0.05) is 29.8 Å². The summed E-state index contributed by atoms with van der Waals surface area (Å²) in [6.45, 7) is 1.90. The Morgan fingerprint density at radius 1 is 1.10 bits per heavy atom. The summed E-state index contributed by atoms with van der Waals surface area (Å²) in [7, 11) is 0. The number of carbonyl (C=O) groups excluding carboxylic acids is 1. The zero-order chi connectivity index (χ0) is 20.6. The minimum absolute atomic E-state index is 0.242. The van der Waals surface area contributed by atoms with E-state index in [4.69, 9.17) is 0 Å². The fraction of sp³-hybridized carbons (Fsp3) is 0.105. The van der Waals surface area contributed by atoms with Gasteiger partial charge < -0.3 is 15.6 Å². The molecule has 0 aliphatic carbocycles. The van der Waals surface area contributed by atoms with E-state index < -0.39 is 17.8 Å². The van der Waals surface area contributed by atoms with Gasteiger partial charge in [-0.05, 0) is 37.3 Å². The minimum atomic E-state index is -4.43. The number of pyridine rings is 1. The molecule has 6 nitrogen and oxygen atoms in total. The number of fused-ring (bicyclic) bond motifs is 1. The van der Waals surface area contributed by atoms with E-state index in [0.29, 0.717) is 11.3 Å². The third kappa shape index (κ3) is 3.92. The van der Waals surface area contributed by atoms with Gasteiger partial charge in [0.05, 0.1) is 26.5 Å². The van der Waals surface area contributed by atoms with Gasteiger partial charge in [0.25, 0.3) is 0 Å². The van der Waals surface area contributed by atoms with Crippen LogP contribution in [0, 0.1) is 6.92 Å². The number of alkyl halides is 3. The highest BCUT2D eigenvalue weighted by Crippen LogP contribution is 2.35. The smallest absolute Gasteiger partial charge is 0.344 e. The number of benzene rings is 1. The Morgan fingerprint density at radius 3 is 2.52 bits per heavy atom. The molecular weight excluding hydrogens is 403 g/mol. The maximum atomic E-state index is 12.6. The molecule has 0 radical (unpaired) electrons. The SMILES string of the molecule is Cc1ncc(-c2ccnc3[nH]cc(NC(=O)Nc4ccc(C(F)(F)F)cc4)c23)s1. The van der Waals surface area contributed by atoms with E-state index >= 15 is 0 Å². The third-order valence-electron chi connectivity index (χ3n) is 4.18. The molecule has 148 valence electrons. The summed E-state index contributed by atoms with van der Waals surface area (Å²) < 4.78 is 37.9. The van der Waals surface area contributed by atoms with Gasteiger partial charge in [-0.1, -0.05) is 0 Å². The van der Waals surface area contributed by atoms with Crippen LogP contribution in [-0.2, 0) is 6.18 Å². The monoisotopic (exact) mass is 417 g/mol. The Labute approximate surface area is 166 Å². The number of carbonyl (C=O) groups is 1. The number of urea groups is 1. The highest BCUT2D eigenvalue weighted by atomic mass is 32.1. The van der Waals surface area contributed by atoms with E-state index in [1.807, 2.05) is 13.0 Å². The van der Waals surface area contributed by atoms with Crippen molar-refractivity contribution < 1.29 is 18.0 Å². The van der Waals surface area contributed by atoms with Crippen LogP contribution in [0.3, 0.4) is 0 Å². The third-order valence-corrected chi connectivity index (χ3v) is 5.12. The average Bonchev–Trinajstić information content (AvgIpc) is 3.28. The minimum Gasteiger partial charge on any atom is -0.344 e. The van der Waals surface area contributed by atoms with Gasteiger partial charge in [-0.25, -0.2) is 14.8 Å². The van der Waals surface area contributed by atoms with E-state index in [9.17, 15) is 18.0 Å². The van der Waals surface area contributed by atoms with Crippen molar-refractivity contribution >= 4 is 39.8 Å². The second-order valence-corrected chi connectivity index (χ2v) is 7.42. The van der Waals surface area contributed by atoms with Crippen molar-refractivity contribution in [1.82, 2.24) is 15.0 Å². The summed E-state index contributed by atoms with van der Waals surface area (Å²) in [5.74, 6) is 0. The molecule has 0 atom stereocenters. The predicted octanol–water partition coefficient (Wildman–Crippen LogP) is 5.66. The molecular formula is C19H14F3N5OS. The van der Waals surface area contributed by atoms with Gasteiger partial charge in [0.15, 0.2) is 0 Å². The van der Waals surface area contributed by atoms with E-state index in [1.165, 1.54) is 23.5 Å². The largest absolute Gasteiger partial charge is 0.416 e. The Balaban J connectivity index is 1.57. The van der Waals surface area contributed by atoms with Gasteiger partial charge in [-0.15, -0.1) is 11.3 Å². The number of amides is 2. The summed E-state index contributed by atoms with van der Waals surface area (Å²) in [6.07, 6.45) is 0.605. The molecule has 0 aliphatic rings. The van der Waals surface area contributed by atoms with Crippen LogP contribution in [-0.4, -0.2) is 21.0 Å². The number of nitrogens with one attached hydrogen (secondary N) is 3. The average molecular weight is 417 g/mol. The Morgan fingerprint density at radius 2 is 1.86 bits per heavy atom. The summed E-state index contributed by atoms with van der Waals surface area (Å²) >= 11 is 1.52. The van der Waals surface area contributed by atoms with E-state index in [1.54, 1.807) is 18.6 Å². The van der Waals surface area contributed by atoms with Crippen molar-refractivity contribution in [2.24, 2.45) is 0 Å². The number of thiazole rings is 1. The summed E-state index contributed by atoms with van der Waals surface area (Å²) in [5, 5.41) is 6.87. The molecule has 0 unspecified atom stereocenters. The van der Waals surface area contributed by atoms with Crippen LogP contribution in [0.5, 0.6) is 0 Å². The number of aromatic amines is 1. The molecule has 0 bridgehead atoms. The second-order valence-electron chi connectivity index (χ2n) is 6.18. The lowest BCUT2D eigenvalue weighted by molar-refractivity contribution is -0.137. The molecule has 0 saturated carbocycles. The molecule has 0 spiro atoms. The van der Waals surface area contributed by atoms with Crippen molar-refractivity contribution in [3.05, 3.63) is 59.5 Å². The van der Waals surface area contributed by atoms with Crippen molar-refractivity contribution in [1.29, 1.82) is 0 Å². The highest BCUT2D eigenvalue weighted by molar-refractivity contribution is 7.15. The normalized spacial score (nSPS) is 11.6. The van der Waals surface area contributed by atoms with Gasteiger partial charge in [-0.2, -0.15) is 13.2 Å². The van der Waals surface area contributed by atoms with Crippen LogP contribution in [0.1, 0.15) is 10.6 Å². The zero-order valence-corrected chi connectivity index (χ0v) is 15.8. The first kappa shape index (κ1) is 18.9. The van der Waals surface area contributed by atoms with E-state index in [0.717, 1.165) is 33.0 Å². The number of hydrogen-bond acceptors (Lipinski definition) is 4. The first-order chi connectivity index (χ1) is 13.8. The molecule has 2 amide bonds. The molecule has 4 aromatic rings. The van der Waals surface area contributed by atoms with E-state index in [-0.39, 0.29) is 5.69 Å². The van der Waals surface area contributed by atoms with Gasteiger partial charge in [0.2, 0.25) is 0 Å². The van der Waals surface area contributed by atoms with Crippen LogP contribution in [0.2, 0.25) is 0 Å². The molecule has 0 aliphatic heterocycles. The van der Waals surface area contributed by atoms with Crippen molar-refractivity contribution in [2.45, 2.75) is 13.1 Å². The van der Waals surface area contributed by atoms with Gasteiger partial charge in [-0.3, -0.25) is 0 Å². The van der Waals surface area contributed by atoms with Crippen molar-refractivity contribution in [2.75, 3.05) is 10.6 Å².